The van der Waals surface area contributed by atoms with Crippen molar-refractivity contribution >= 4 is 0 Å². The molecule has 2 N–H and O–H groups in total. The third-order valence-corrected chi connectivity index (χ3v) is 3.94. The molecule has 0 aliphatic carbocycles. The summed E-state index contributed by atoms with van der Waals surface area (Å²) in [6, 6.07) is 8.02. The van der Waals surface area contributed by atoms with Gasteiger partial charge in [0, 0.05) is 19.6 Å². The van der Waals surface area contributed by atoms with Crippen LogP contribution < -0.4 is 0 Å². The van der Waals surface area contributed by atoms with E-state index in [1.807, 2.05) is 45.0 Å². The van der Waals surface area contributed by atoms with Gasteiger partial charge in [0.2, 0.25) is 0 Å². The first-order valence-electron chi connectivity index (χ1n) is 7.65. The van der Waals surface area contributed by atoms with E-state index in [1.54, 1.807) is 0 Å². The van der Waals surface area contributed by atoms with Crippen molar-refractivity contribution in [3.63, 3.8) is 0 Å². The SMILES string of the molecule is Cc1ccc(C(O)CCN2CC(CO)OC(C)(C)C2)cc1. The summed E-state index contributed by atoms with van der Waals surface area (Å²) < 4.78 is 5.80. The molecule has 0 aromatic heterocycles. The molecular weight excluding hydrogens is 266 g/mol. The van der Waals surface area contributed by atoms with Crippen LogP contribution in [0.2, 0.25) is 0 Å². The van der Waals surface area contributed by atoms with Gasteiger partial charge >= 0.3 is 0 Å². The Hall–Kier alpha value is -0.940. The van der Waals surface area contributed by atoms with Crippen molar-refractivity contribution < 1.29 is 14.9 Å². The van der Waals surface area contributed by atoms with Crippen molar-refractivity contribution in [3.8, 4) is 0 Å². The average molecular weight is 293 g/mol. The lowest BCUT2D eigenvalue weighted by Crippen LogP contribution is -2.54. The number of hydrogen-bond acceptors (Lipinski definition) is 4. The predicted molar refractivity (Wildman–Crippen MR) is 83.2 cm³/mol. The highest BCUT2D eigenvalue weighted by atomic mass is 16.5. The van der Waals surface area contributed by atoms with Gasteiger partial charge in [0.05, 0.1) is 24.4 Å². The summed E-state index contributed by atoms with van der Waals surface area (Å²) in [5.74, 6) is 0. The topological polar surface area (TPSA) is 52.9 Å². The molecule has 2 rings (SSSR count). The first-order chi connectivity index (χ1) is 9.89. The van der Waals surface area contributed by atoms with Gasteiger partial charge in [-0.1, -0.05) is 29.8 Å². The van der Waals surface area contributed by atoms with Crippen molar-refractivity contribution in [2.45, 2.75) is 45.0 Å². The van der Waals surface area contributed by atoms with E-state index in [0.717, 1.165) is 25.2 Å². The molecule has 2 atom stereocenters. The molecule has 4 heteroatoms. The Bertz CT molecular complexity index is 444. The molecule has 1 aliphatic rings. The van der Waals surface area contributed by atoms with Crippen molar-refractivity contribution in [1.82, 2.24) is 4.90 Å². The smallest absolute Gasteiger partial charge is 0.0940 e. The normalized spacial score (nSPS) is 24.0. The number of benzene rings is 1. The molecule has 1 fully saturated rings. The Morgan fingerprint density at radius 1 is 1.33 bits per heavy atom. The van der Waals surface area contributed by atoms with Gasteiger partial charge in [0.1, 0.15) is 0 Å². The van der Waals surface area contributed by atoms with E-state index in [-0.39, 0.29) is 18.3 Å². The molecule has 1 heterocycles. The third kappa shape index (κ3) is 4.78. The van der Waals surface area contributed by atoms with Crippen LogP contribution in [-0.4, -0.2) is 53.1 Å². The Kier molecular flexibility index (Phi) is 5.38. The lowest BCUT2D eigenvalue weighted by molar-refractivity contribution is -0.149. The summed E-state index contributed by atoms with van der Waals surface area (Å²) >= 11 is 0. The van der Waals surface area contributed by atoms with Crippen LogP contribution in [0.25, 0.3) is 0 Å². The average Bonchev–Trinajstić information content (AvgIpc) is 2.44. The van der Waals surface area contributed by atoms with Gasteiger partial charge in [0.15, 0.2) is 0 Å². The molecule has 1 aromatic carbocycles. The van der Waals surface area contributed by atoms with Crippen LogP contribution in [0.15, 0.2) is 24.3 Å². The molecule has 118 valence electrons. The highest BCUT2D eigenvalue weighted by molar-refractivity contribution is 5.23. The zero-order valence-electron chi connectivity index (χ0n) is 13.2. The summed E-state index contributed by atoms with van der Waals surface area (Å²) in [6.07, 6.45) is 0.117. The minimum Gasteiger partial charge on any atom is -0.394 e. The molecular formula is C17H27NO3. The molecule has 0 radical (unpaired) electrons. The second-order valence-electron chi connectivity index (χ2n) is 6.63. The molecule has 0 spiro atoms. The second kappa shape index (κ2) is 6.88. The van der Waals surface area contributed by atoms with E-state index in [4.69, 9.17) is 4.74 Å². The fourth-order valence-electron chi connectivity index (χ4n) is 2.94. The van der Waals surface area contributed by atoms with Gasteiger partial charge in [0.25, 0.3) is 0 Å². The molecule has 0 amide bonds. The van der Waals surface area contributed by atoms with E-state index in [0.29, 0.717) is 6.42 Å². The van der Waals surface area contributed by atoms with E-state index in [2.05, 4.69) is 4.90 Å². The maximum absolute atomic E-state index is 10.3. The predicted octanol–water partition coefficient (Wildman–Crippen LogP) is 1.89. The van der Waals surface area contributed by atoms with E-state index in [9.17, 15) is 10.2 Å². The first-order valence-corrected chi connectivity index (χ1v) is 7.65. The molecule has 1 saturated heterocycles. The number of rotatable bonds is 5. The first kappa shape index (κ1) is 16.4. The largest absolute Gasteiger partial charge is 0.394 e. The molecule has 0 bridgehead atoms. The van der Waals surface area contributed by atoms with Crippen molar-refractivity contribution in [1.29, 1.82) is 0 Å². The Morgan fingerprint density at radius 3 is 2.62 bits per heavy atom. The number of hydrogen-bond donors (Lipinski definition) is 2. The third-order valence-electron chi connectivity index (χ3n) is 3.94. The molecule has 21 heavy (non-hydrogen) atoms. The van der Waals surface area contributed by atoms with Crippen LogP contribution in [0.1, 0.15) is 37.5 Å². The van der Waals surface area contributed by atoms with E-state index >= 15 is 0 Å². The van der Waals surface area contributed by atoms with Crippen molar-refractivity contribution in [3.05, 3.63) is 35.4 Å². The summed E-state index contributed by atoms with van der Waals surface area (Å²) in [5.41, 5.74) is 1.92. The lowest BCUT2D eigenvalue weighted by atomic mass is 10.0. The lowest BCUT2D eigenvalue weighted by Gasteiger charge is -2.42. The van der Waals surface area contributed by atoms with Gasteiger partial charge in [-0.2, -0.15) is 0 Å². The van der Waals surface area contributed by atoms with Crippen molar-refractivity contribution in [2.75, 3.05) is 26.2 Å². The van der Waals surface area contributed by atoms with Crippen LogP contribution in [0.5, 0.6) is 0 Å². The second-order valence-corrected chi connectivity index (χ2v) is 6.63. The van der Waals surface area contributed by atoms with Gasteiger partial charge in [-0.25, -0.2) is 0 Å². The quantitative estimate of drug-likeness (QED) is 0.870. The number of aliphatic hydroxyl groups excluding tert-OH is 2. The molecule has 1 aliphatic heterocycles. The van der Waals surface area contributed by atoms with Crippen LogP contribution in [0.4, 0.5) is 0 Å². The van der Waals surface area contributed by atoms with Gasteiger partial charge in [-0.3, -0.25) is 4.90 Å². The molecule has 2 unspecified atom stereocenters. The maximum Gasteiger partial charge on any atom is 0.0940 e. The zero-order chi connectivity index (χ0) is 15.5. The van der Waals surface area contributed by atoms with E-state index < -0.39 is 6.10 Å². The van der Waals surface area contributed by atoms with Crippen LogP contribution >= 0.6 is 0 Å². The highest BCUT2D eigenvalue weighted by Crippen LogP contribution is 2.23. The minimum atomic E-state index is -0.441. The summed E-state index contributed by atoms with van der Waals surface area (Å²) in [5, 5.41) is 19.6. The highest BCUT2D eigenvalue weighted by Gasteiger charge is 2.32. The number of aryl methyl sites for hydroxylation is 1. The Labute approximate surface area is 127 Å². The molecule has 4 nitrogen and oxygen atoms in total. The van der Waals surface area contributed by atoms with Crippen LogP contribution in [-0.2, 0) is 4.74 Å². The minimum absolute atomic E-state index is 0.0421. The molecule has 1 aromatic rings. The fraction of sp³-hybridized carbons (Fsp3) is 0.647. The Balaban J connectivity index is 1.88. The summed E-state index contributed by atoms with van der Waals surface area (Å²) in [4.78, 5) is 2.27. The standard InChI is InChI=1S/C17H27NO3/c1-13-4-6-14(7-5-13)16(20)8-9-18-10-15(11-19)21-17(2,3)12-18/h4-7,15-16,19-20H,8-12H2,1-3H3. The number of nitrogens with zero attached hydrogens (tertiary/aromatic N) is 1. The fourth-order valence-corrected chi connectivity index (χ4v) is 2.94. The number of morpholine rings is 1. The molecule has 0 saturated carbocycles. The monoisotopic (exact) mass is 293 g/mol. The van der Waals surface area contributed by atoms with Crippen molar-refractivity contribution in [2.24, 2.45) is 0 Å². The van der Waals surface area contributed by atoms with Crippen LogP contribution in [0, 0.1) is 6.92 Å². The van der Waals surface area contributed by atoms with Gasteiger partial charge < -0.3 is 14.9 Å². The van der Waals surface area contributed by atoms with E-state index in [1.165, 1.54) is 5.56 Å². The van der Waals surface area contributed by atoms with Crippen LogP contribution in [0.3, 0.4) is 0 Å². The van der Waals surface area contributed by atoms with Gasteiger partial charge in [-0.15, -0.1) is 0 Å². The Morgan fingerprint density at radius 2 is 2.00 bits per heavy atom. The number of ether oxygens (including phenoxy) is 1. The maximum atomic E-state index is 10.3. The summed E-state index contributed by atoms with van der Waals surface area (Å²) in [6.45, 7) is 8.51. The number of aliphatic hydroxyl groups is 2. The zero-order valence-corrected chi connectivity index (χ0v) is 13.2. The van der Waals surface area contributed by atoms with Gasteiger partial charge in [-0.05, 0) is 32.8 Å². The summed E-state index contributed by atoms with van der Waals surface area (Å²) in [7, 11) is 0.